The Hall–Kier alpha value is -2.71. The molecule has 2 N–H and O–H groups in total. The van der Waals surface area contributed by atoms with Crippen LogP contribution in [0.3, 0.4) is 0 Å². The van der Waals surface area contributed by atoms with Crippen molar-refractivity contribution in [2.75, 3.05) is 5.73 Å². The molecule has 2 aromatic heterocycles. The molecule has 0 aliphatic heterocycles. The van der Waals surface area contributed by atoms with Crippen LogP contribution in [0.5, 0.6) is 11.8 Å². The maximum atomic E-state index is 10.8. The van der Waals surface area contributed by atoms with Gasteiger partial charge in [-0.05, 0) is 6.92 Å². The van der Waals surface area contributed by atoms with Crippen molar-refractivity contribution < 1.29 is 9.66 Å². The minimum Gasteiger partial charge on any atom is -0.415 e. The monoisotopic (exact) mass is 250 g/mol. The molecule has 0 saturated heterocycles. The molecule has 2 rings (SSSR count). The molecule has 2 heterocycles. The number of ether oxygens (including phenoxy) is 1. The first-order valence-electron chi connectivity index (χ1n) is 4.93. The number of aryl methyl sites for hydroxylation is 2. The fourth-order valence-electron chi connectivity index (χ4n) is 1.35. The highest BCUT2D eigenvalue weighted by Crippen LogP contribution is 2.28. The van der Waals surface area contributed by atoms with Gasteiger partial charge in [0.1, 0.15) is 6.20 Å². The molecular formula is C9H10N6O3. The van der Waals surface area contributed by atoms with Gasteiger partial charge in [0.05, 0.1) is 10.6 Å². The zero-order valence-electron chi connectivity index (χ0n) is 9.69. The summed E-state index contributed by atoms with van der Waals surface area (Å²) in [7, 11) is 1.65. The van der Waals surface area contributed by atoms with Crippen molar-refractivity contribution in [3.05, 3.63) is 28.1 Å². The fraction of sp³-hybridized carbons (Fsp3) is 0.222. The van der Waals surface area contributed by atoms with Crippen molar-refractivity contribution in [2.24, 2.45) is 7.05 Å². The number of rotatable bonds is 3. The van der Waals surface area contributed by atoms with Gasteiger partial charge in [0, 0.05) is 13.1 Å². The summed E-state index contributed by atoms with van der Waals surface area (Å²) < 4.78 is 6.77. The first-order chi connectivity index (χ1) is 8.47. The molecular weight excluding hydrogens is 240 g/mol. The number of nitrogen functional groups attached to an aromatic ring is 1. The average Bonchev–Trinajstić information content (AvgIpc) is 2.57. The number of aromatic nitrogens is 4. The number of hydrogen-bond donors (Lipinski definition) is 1. The summed E-state index contributed by atoms with van der Waals surface area (Å²) in [4.78, 5) is 17.4. The molecule has 18 heavy (non-hydrogen) atoms. The topological polar surface area (TPSA) is 122 Å². The number of anilines is 1. The normalized spacial score (nSPS) is 10.3. The van der Waals surface area contributed by atoms with E-state index < -0.39 is 4.92 Å². The summed E-state index contributed by atoms with van der Waals surface area (Å²) >= 11 is 0. The summed E-state index contributed by atoms with van der Waals surface area (Å²) in [6.07, 6.45) is 1.00. The van der Waals surface area contributed by atoms with Crippen LogP contribution in [0.15, 0.2) is 12.3 Å². The van der Waals surface area contributed by atoms with Crippen LogP contribution in [0.4, 0.5) is 11.6 Å². The standard InChI is InChI=1S/C9H10N6O3/c1-5-3-7(14(2)13-5)18-8-6(15(16)17)4-11-9(10)12-8/h3-4H,1-2H3,(H2,10,11,12). The van der Waals surface area contributed by atoms with Gasteiger partial charge in [0.2, 0.25) is 11.8 Å². The van der Waals surface area contributed by atoms with Gasteiger partial charge < -0.3 is 10.5 Å². The molecule has 0 spiro atoms. The predicted octanol–water partition coefficient (Wildman–Crippen LogP) is 0.801. The molecule has 0 unspecified atom stereocenters. The zero-order valence-corrected chi connectivity index (χ0v) is 9.69. The molecule has 0 saturated carbocycles. The molecule has 0 atom stereocenters. The summed E-state index contributed by atoms with van der Waals surface area (Å²) in [5.41, 5.74) is 5.74. The lowest BCUT2D eigenvalue weighted by molar-refractivity contribution is -0.386. The average molecular weight is 250 g/mol. The number of nitrogens with two attached hydrogens (primary N) is 1. The van der Waals surface area contributed by atoms with Crippen LogP contribution in [0.2, 0.25) is 0 Å². The molecule has 9 nitrogen and oxygen atoms in total. The Morgan fingerprint density at radius 2 is 2.28 bits per heavy atom. The second kappa shape index (κ2) is 4.28. The van der Waals surface area contributed by atoms with E-state index in [1.54, 1.807) is 20.0 Å². The van der Waals surface area contributed by atoms with Crippen molar-refractivity contribution in [3.63, 3.8) is 0 Å². The van der Waals surface area contributed by atoms with Gasteiger partial charge >= 0.3 is 11.6 Å². The maximum absolute atomic E-state index is 10.8. The van der Waals surface area contributed by atoms with Crippen molar-refractivity contribution in [3.8, 4) is 11.8 Å². The summed E-state index contributed by atoms with van der Waals surface area (Å²) in [6.45, 7) is 1.77. The molecule has 94 valence electrons. The van der Waals surface area contributed by atoms with E-state index in [0.717, 1.165) is 11.9 Å². The van der Waals surface area contributed by atoms with Crippen LogP contribution in [-0.2, 0) is 7.05 Å². The van der Waals surface area contributed by atoms with Gasteiger partial charge in [-0.1, -0.05) is 0 Å². The minimum absolute atomic E-state index is 0.102. The van der Waals surface area contributed by atoms with Crippen LogP contribution in [0.25, 0.3) is 0 Å². The molecule has 0 aliphatic carbocycles. The predicted molar refractivity (Wildman–Crippen MR) is 61.1 cm³/mol. The molecule has 0 aromatic carbocycles. The van der Waals surface area contributed by atoms with Gasteiger partial charge in [-0.25, -0.2) is 9.67 Å². The molecule has 9 heteroatoms. The highest BCUT2D eigenvalue weighted by atomic mass is 16.6. The minimum atomic E-state index is -0.641. The first-order valence-corrected chi connectivity index (χ1v) is 4.93. The van der Waals surface area contributed by atoms with Crippen molar-refractivity contribution in [1.82, 2.24) is 19.7 Å². The third kappa shape index (κ3) is 2.19. The molecule has 0 radical (unpaired) electrons. The lowest BCUT2D eigenvalue weighted by Crippen LogP contribution is -2.03. The van der Waals surface area contributed by atoms with Crippen molar-refractivity contribution in [2.45, 2.75) is 6.92 Å². The Bertz CT molecular complexity index is 608. The Labute approximate surface area is 101 Å². The third-order valence-electron chi connectivity index (χ3n) is 2.11. The van der Waals surface area contributed by atoms with Crippen LogP contribution in [-0.4, -0.2) is 24.7 Å². The van der Waals surface area contributed by atoms with Gasteiger partial charge in [-0.15, -0.1) is 0 Å². The molecule has 0 bridgehead atoms. The lowest BCUT2D eigenvalue weighted by Gasteiger charge is -2.04. The van der Waals surface area contributed by atoms with Gasteiger partial charge in [-0.2, -0.15) is 10.1 Å². The van der Waals surface area contributed by atoms with E-state index in [2.05, 4.69) is 15.1 Å². The maximum Gasteiger partial charge on any atom is 0.349 e. The van der Waals surface area contributed by atoms with Crippen LogP contribution >= 0.6 is 0 Å². The van der Waals surface area contributed by atoms with E-state index in [1.165, 1.54) is 4.68 Å². The van der Waals surface area contributed by atoms with E-state index in [9.17, 15) is 10.1 Å². The Morgan fingerprint density at radius 1 is 1.56 bits per heavy atom. The first kappa shape index (κ1) is 11.8. The van der Waals surface area contributed by atoms with Crippen LogP contribution in [0.1, 0.15) is 5.69 Å². The number of nitrogens with zero attached hydrogens (tertiary/aromatic N) is 5. The van der Waals surface area contributed by atoms with E-state index in [-0.39, 0.29) is 17.5 Å². The number of nitro groups is 1. The lowest BCUT2D eigenvalue weighted by atomic mass is 10.5. The van der Waals surface area contributed by atoms with E-state index >= 15 is 0 Å². The van der Waals surface area contributed by atoms with E-state index in [0.29, 0.717) is 5.88 Å². The summed E-state index contributed by atoms with van der Waals surface area (Å²) in [5, 5.41) is 14.8. The van der Waals surface area contributed by atoms with Crippen LogP contribution < -0.4 is 10.5 Å². The molecule has 0 amide bonds. The Balaban J connectivity index is 2.42. The summed E-state index contributed by atoms with van der Waals surface area (Å²) in [5.74, 6) is 0.0127. The van der Waals surface area contributed by atoms with Gasteiger partial charge in [0.15, 0.2) is 0 Å². The molecule has 0 aliphatic rings. The Morgan fingerprint density at radius 3 is 2.83 bits per heavy atom. The second-order valence-electron chi connectivity index (χ2n) is 3.53. The largest absolute Gasteiger partial charge is 0.415 e. The van der Waals surface area contributed by atoms with Gasteiger partial charge in [0.25, 0.3) is 0 Å². The Kier molecular flexibility index (Phi) is 2.80. The molecule has 0 fully saturated rings. The van der Waals surface area contributed by atoms with Gasteiger partial charge in [-0.3, -0.25) is 10.1 Å². The number of hydrogen-bond acceptors (Lipinski definition) is 7. The second-order valence-corrected chi connectivity index (χ2v) is 3.53. The van der Waals surface area contributed by atoms with E-state index in [1.807, 2.05) is 0 Å². The highest BCUT2D eigenvalue weighted by Gasteiger charge is 2.20. The highest BCUT2D eigenvalue weighted by molar-refractivity contribution is 5.43. The fourth-order valence-corrected chi connectivity index (χ4v) is 1.35. The zero-order chi connectivity index (χ0) is 13.3. The SMILES string of the molecule is Cc1cc(Oc2nc(N)ncc2[N+](=O)[O-])n(C)n1. The van der Waals surface area contributed by atoms with Crippen LogP contribution in [0, 0.1) is 17.0 Å². The third-order valence-corrected chi connectivity index (χ3v) is 2.11. The van der Waals surface area contributed by atoms with Crippen molar-refractivity contribution in [1.29, 1.82) is 0 Å². The van der Waals surface area contributed by atoms with Crippen molar-refractivity contribution >= 4 is 11.6 Å². The summed E-state index contributed by atoms with van der Waals surface area (Å²) in [6, 6.07) is 1.63. The quantitative estimate of drug-likeness (QED) is 0.631. The molecule has 2 aromatic rings. The smallest absolute Gasteiger partial charge is 0.349 e. The van der Waals surface area contributed by atoms with E-state index in [4.69, 9.17) is 10.5 Å².